The van der Waals surface area contributed by atoms with Crippen molar-refractivity contribution in [3.8, 4) is 45.1 Å². The molecule has 238 valence electrons. The van der Waals surface area contributed by atoms with Crippen molar-refractivity contribution in [3.05, 3.63) is 158 Å². The first-order chi connectivity index (χ1) is 25.2. The molecule has 0 bridgehead atoms. The second kappa shape index (κ2) is 10.7. The van der Waals surface area contributed by atoms with E-state index in [1.165, 1.54) is 0 Å². The molecule has 0 radical (unpaired) electrons. The third-order valence-electron chi connectivity index (χ3n) is 9.90. The standard InChI is InChI=1S/C45H26N4O2/c1-2-10-27(11-3-1)28-19-22-37-40(24-28)51-45(46-37)30-18-21-32-31-20-17-29(25-38(31)50-39(32)26-30)42-33-12-4-6-14-35(33)43(36-15-7-5-13-34(36)42)44-47-41-16-8-9-23-49(41)48-44/h1-26H. The van der Waals surface area contributed by atoms with Gasteiger partial charge in [-0.1, -0.05) is 97.1 Å². The molecule has 4 aromatic heterocycles. The van der Waals surface area contributed by atoms with Gasteiger partial charge in [0.2, 0.25) is 5.89 Å². The van der Waals surface area contributed by atoms with E-state index in [4.69, 9.17) is 23.9 Å². The fourth-order valence-electron chi connectivity index (χ4n) is 7.54. The molecule has 4 heterocycles. The lowest BCUT2D eigenvalue weighted by molar-refractivity contribution is 0.619. The third-order valence-corrected chi connectivity index (χ3v) is 9.90. The molecule has 6 heteroatoms. The molecule has 11 aromatic rings. The van der Waals surface area contributed by atoms with E-state index >= 15 is 0 Å². The number of furan rings is 1. The summed E-state index contributed by atoms with van der Waals surface area (Å²) in [5, 5.41) is 11.5. The molecule has 0 fully saturated rings. The quantitative estimate of drug-likeness (QED) is 0.177. The van der Waals surface area contributed by atoms with E-state index in [1.54, 1.807) is 0 Å². The number of hydrogen-bond acceptors (Lipinski definition) is 5. The molecule has 0 saturated heterocycles. The minimum Gasteiger partial charge on any atom is -0.456 e. The normalized spacial score (nSPS) is 11.9. The molecule has 0 spiro atoms. The van der Waals surface area contributed by atoms with Gasteiger partial charge in [0.05, 0.1) is 0 Å². The highest BCUT2D eigenvalue weighted by atomic mass is 16.3. The van der Waals surface area contributed by atoms with Gasteiger partial charge < -0.3 is 8.83 Å². The van der Waals surface area contributed by atoms with E-state index in [0.29, 0.717) is 11.7 Å². The number of fused-ring (bicyclic) bond motifs is 7. The van der Waals surface area contributed by atoms with E-state index in [1.807, 2.05) is 59.2 Å². The van der Waals surface area contributed by atoms with Crippen LogP contribution in [0.3, 0.4) is 0 Å². The van der Waals surface area contributed by atoms with Crippen LogP contribution in [0.25, 0.3) is 105 Å². The van der Waals surface area contributed by atoms with Crippen LogP contribution in [0.2, 0.25) is 0 Å². The van der Waals surface area contributed by atoms with Gasteiger partial charge in [0.25, 0.3) is 0 Å². The summed E-state index contributed by atoms with van der Waals surface area (Å²) >= 11 is 0. The summed E-state index contributed by atoms with van der Waals surface area (Å²) in [4.78, 5) is 9.75. The predicted molar refractivity (Wildman–Crippen MR) is 205 cm³/mol. The van der Waals surface area contributed by atoms with Crippen molar-refractivity contribution >= 4 is 60.2 Å². The summed E-state index contributed by atoms with van der Waals surface area (Å²) in [7, 11) is 0. The zero-order valence-electron chi connectivity index (χ0n) is 27.1. The van der Waals surface area contributed by atoms with Gasteiger partial charge >= 0.3 is 0 Å². The molecule has 51 heavy (non-hydrogen) atoms. The van der Waals surface area contributed by atoms with Crippen molar-refractivity contribution in [2.24, 2.45) is 0 Å². The molecular formula is C45H26N4O2. The van der Waals surface area contributed by atoms with E-state index in [9.17, 15) is 0 Å². The predicted octanol–water partition coefficient (Wildman–Crippen LogP) is 11.7. The van der Waals surface area contributed by atoms with Gasteiger partial charge in [-0.05, 0) is 98.4 Å². The number of oxazole rings is 1. The van der Waals surface area contributed by atoms with Crippen molar-refractivity contribution < 1.29 is 8.83 Å². The van der Waals surface area contributed by atoms with Crippen molar-refractivity contribution in [1.82, 2.24) is 19.6 Å². The Bertz CT molecular complexity index is 3060. The van der Waals surface area contributed by atoms with Crippen LogP contribution in [-0.2, 0) is 0 Å². The first kappa shape index (κ1) is 27.9. The molecule has 0 aliphatic carbocycles. The van der Waals surface area contributed by atoms with Crippen LogP contribution < -0.4 is 0 Å². The van der Waals surface area contributed by atoms with Gasteiger partial charge in [-0.25, -0.2) is 14.5 Å². The minimum absolute atomic E-state index is 0.566. The number of hydrogen-bond donors (Lipinski definition) is 0. The zero-order chi connectivity index (χ0) is 33.5. The molecule has 0 atom stereocenters. The molecule has 7 aromatic carbocycles. The zero-order valence-corrected chi connectivity index (χ0v) is 27.1. The van der Waals surface area contributed by atoms with Crippen molar-refractivity contribution in [2.45, 2.75) is 0 Å². The third kappa shape index (κ3) is 4.33. The number of aromatic nitrogens is 4. The number of rotatable bonds is 4. The molecule has 0 aliphatic rings. The Morgan fingerprint density at radius 1 is 0.412 bits per heavy atom. The number of nitrogens with zero attached hydrogens (tertiary/aromatic N) is 4. The molecule has 6 nitrogen and oxygen atoms in total. The molecular weight excluding hydrogens is 629 g/mol. The Balaban J connectivity index is 1.05. The second-order valence-electron chi connectivity index (χ2n) is 12.9. The van der Waals surface area contributed by atoms with E-state index < -0.39 is 0 Å². The van der Waals surface area contributed by atoms with Crippen LogP contribution in [0, 0.1) is 0 Å². The van der Waals surface area contributed by atoms with Gasteiger partial charge in [-0.2, -0.15) is 0 Å². The lowest BCUT2D eigenvalue weighted by Gasteiger charge is -2.15. The molecule has 0 unspecified atom stereocenters. The number of pyridine rings is 1. The van der Waals surface area contributed by atoms with Crippen LogP contribution in [0.5, 0.6) is 0 Å². The van der Waals surface area contributed by atoms with Crippen molar-refractivity contribution in [1.29, 1.82) is 0 Å². The van der Waals surface area contributed by atoms with Crippen LogP contribution in [0.15, 0.2) is 167 Å². The van der Waals surface area contributed by atoms with Crippen molar-refractivity contribution in [2.75, 3.05) is 0 Å². The summed E-state index contributed by atoms with van der Waals surface area (Å²) < 4.78 is 14.7. The second-order valence-corrected chi connectivity index (χ2v) is 12.9. The molecule has 0 saturated carbocycles. The van der Waals surface area contributed by atoms with E-state index in [-0.39, 0.29) is 0 Å². The topological polar surface area (TPSA) is 69.4 Å². The van der Waals surface area contributed by atoms with Crippen LogP contribution in [0.1, 0.15) is 0 Å². The van der Waals surface area contributed by atoms with Crippen LogP contribution in [-0.4, -0.2) is 19.6 Å². The molecule has 11 rings (SSSR count). The van der Waals surface area contributed by atoms with Gasteiger partial charge in [-0.15, -0.1) is 5.10 Å². The fourth-order valence-corrected chi connectivity index (χ4v) is 7.54. The molecule has 0 amide bonds. The highest BCUT2D eigenvalue weighted by Crippen LogP contribution is 2.44. The average Bonchev–Trinajstić information content (AvgIpc) is 3.91. The first-order valence-corrected chi connectivity index (χ1v) is 16.9. The molecule has 0 aliphatic heterocycles. The Labute approximate surface area is 290 Å². The summed E-state index contributed by atoms with van der Waals surface area (Å²) in [6, 6.07) is 52.2. The van der Waals surface area contributed by atoms with Gasteiger partial charge in [0, 0.05) is 28.1 Å². The Morgan fingerprint density at radius 2 is 1.02 bits per heavy atom. The highest BCUT2D eigenvalue weighted by molar-refractivity contribution is 6.21. The maximum Gasteiger partial charge on any atom is 0.227 e. The van der Waals surface area contributed by atoms with Crippen molar-refractivity contribution in [3.63, 3.8) is 0 Å². The Hall–Kier alpha value is -7.05. The number of benzene rings is 7. The first-order valence-electron chi connectivity index (χ1n) is 16.9. The summed E-state index contributed by atoms with van der Waals surface area (Å²) in [5.74, 6) is 1.27. The average molecular weight is 655 g/mol. The summed E-state index contributed by atoms with van der Waals surface area (Å²) in [6.45, 7) is 0. The maximum absolute atomic E-state index is 6.59. The van der Waals surface area contributed by atoms with Gasteiger partial charge in [0.1, 0.15) is 16.7 Å². The molecule has 0 N–H and O–H groups in total. The van der Waals surface area contributed by atoms with Crippen LogP contribution >= 0.6 is 0 Å². The lowest BCUT2D eigenvalue weighted by atomic mass is 9.88. The monoisotopic (exact) mass is 654 g/mol. The van der Waals surface area contributed by atoms with Gasteiger partial charge in [0.15, 0.2) is 17.1 Å². The Morgan fingerprint density at radius 3 is 1.75 bits per heavy atom. The smallest absolute Gasteiger partial charge is 0.227 e. The van der Waals surface area contributed by atoms with Gasteiger partial charge in [-0.3, -0.25) is 0 Å². The highest BCUT2D eigenvalue weighted by Gasteiger charge is 2.20. The van der Waals surface area contributed by atoms with Crippen LogP contribution in [0.4, 0.5) is 0 Å². The lowest BCUT2D eigenvalue weighted by Crippen LogP contribution is -1.92. The Kier molecular flexibility index (Phi) is 5.86. The summed E-state index contributed by atoms with van der Waals surface area (Å²) in [5.41, 5.74) is 10.4. The largest absolute Gasteiger partial charge is 0.456 e. The van der Waals surface area contributed by atoms with E-state index in [2.05, 4.69) is 103 Å². The van der Waals surface area contributed by atoms with E-state index in [0.717, 1.165) is 93.6 Å². The SMILES string of the molecule is c1ccc(-c2ccc3nc(-c4ccc5c(c4)oc4cc(-c6c7ccccc7c(-c7nc8ccccn8n7)c7ccccc67)ccc45)oc3c2)cc1. The maximum atomic E-state index is 6.59. The fraction of sp³-hybridized carbons (Fsp3) is 0. The minimum atomic E-state index is 0.566. The summed E-state index contributed by atoms with van der Waals surface area (Å²) in [6.07, 6.45) is 1.94.